The molecular formula is C14H28N2. The zero-order chi connectivity index (χ0) is 11.4. The number of nitrogens with zero attached hydrogens (tertiary/aromatic N) is 1. The molecule has 2 fully saturated rings. The van der Waals surface area contributed by atoms with Crippen LogP contribution in [0.5, 0.6) is 0 Å². The van der Waals surface area contributed by atoms with Crippen LogP contribution in [0.1, 0.15) is 52.4 Å². The zero-order valence-electron chi connectivity index (χ0n) is 11.0. The topological polar surface area (TPSA) is 15.3 Å². The molecule has 0 spiro atoms. The Balaban J connectivity index is 1.67. The van der Waals surface area contributed by atoms with E-state index in [0.717, 1.165) is 12.0 Å². The van der Waals surface area contributed by atoms with Crippen molar-refractivity contribution in [3.05, 3.63) is 0 Å². The lowest BCUT2D eigenvalue weighted by molar-refractivity contribution is 0.245. The van der Waals surface area contributed by atoms with E-state index in [-0.39, 0.29) is 0 Å². The highest BCUT2D eigenvalue weighted by Gasteiger charge is 2.21. The molecule has 1 N–H and O–H groups in total. The summed E-state index contributed by atoms with van der Waals surface area (Å²) in [4.78, 5) is 2.62. The van der Waals surface area contributed by atoms with Gasteiger partial charge in [-0.25, -0.2) is 0 Å². The average Bonchev–Trinajstić information content (AvgIpc) is 2.70. The van der Waals surface area contributed by atoms with Gasteiger partial charge in [0.2, 0.25) is 0 Å². The molecule has 0 radical (unpaired) electrons. The molecule has 3 unspecified atom stereocenters. The molecule has 0 aromatic carbocycles. The Bertz CT molecular complexity index is 199. The third kappa shape index (κ3) is 3.74. The minimum atomic E-state index is 0.674. The Kier molecular flexibility index (Phi) is 4.66. The molecule has 1 aliphatic carbocycles. The minimum absolute atomic E-state index is 0.674. The molecule has 2 nitrogen and oxygen atoms in total. The summed E-state index contributed by atoms with van der Waals surface area (Å²) < 4.78 is 0. The second-order valence-electron chi connectivity index (χ2n) is 6.04. The summed E-state index contributed by atoms with van der Waals surface area (Å²) in [6.07, 6.45) is 8.48. The fourth-order valence-corrected chi connectivity index (χ4v) is 3.39. The Morgan fingerprint density at radius 1 is 1.19 bits per heavy atom. The van der Waals surface area contributed by atoms with Crippen LogP contribution in [0.3, 0.4) is 0 Å². The average molecular weight is 224 g/mol. The normalized spacial score (nSPS) is 34.1. The first-order valence-corrected chi connectivity index (χ1v) is 7.22. The van der Waals surface area contributed by atoms with E-state index in [1.165, 1.54) is 58.2 Å². The number of hydrogen-bond donors (Lipinski definition) is 1. The Morgan fingerprint density at radius 3 is 2.62 bits per heavy atom. The van der Waals surface area contributed by atoms with Crippen molar-refractivity contribution < 1.29 is 0 Å². The van der Waals surface area contributed by atoms with Gasteiger partial charge in [-0.3, -0.25) is 0 Å². The molecule has 1 aliphatic heterocycles. The zero-order valence-corrected chi connectivity index (χ0v) is 11.0. The van der Waals surface area contributed by atoms with Crippen molar-refractivity contribution in [3.8, 4) is 0 Å². The van der Waals surface area contributed by atoms with Crippen molar-refractivity contribution in [2.24, 2.45) is 5.92 Å². The second kappa shape index (κ2) is 6.02. The third-order valence-electron chi connectivity index (χ3n) is 4.19. The quantitative estimate of drug-likeness (QED) is 0.790. The van der Waals surface area contributed by atoms with E-state index in [2.05, 4.69) is 24.1 Å². The van der Waals surface area contributed by atoms with Gasteiger partial charge < -0.3 is 10.2 Å². The lowest BCUT2D eigenvalue weighted by Crippen LogP contribution is -2.44. The predicted octanol–water partition coefficient (Wildman–Crippen LogP) is 2.64. The molecule has 0 bridgehead atoms. The molecule has 3 atom stereocenters. The van der Waals surface area contributed by atoms with Gasteiger partial charge in [-0.2, -0.15) is 0 Å². The molecule has 2 heteroatoms. The fourth-order valence-electron chi connectivity index (χ4n) is 3.39. The lowest BCUT2D eigenvalue weighted by Gasteiger charge is -2.31. The molecule has 94 valence electrons. The van der Waals surface area contributed by atoms with E-state index in [4.69, 9.17) is 0 Å². The fraction of sp³-hybridized carbons (Fsp3) is 1.00. The third-order valence-corrected chi connectivity index (χ3v) is 4.19. The van der Waals surface area contributed by atoms with Crippen LogP contribution >= 0.6 is 0 Å². The number of rotatable bonds is 4. The molecule has 0 amide bonds. The van der Waals surface area contributed by atoms with E-state index in [1.807, 2.05) is 0 Å². The molecule has 2 aliphatic rings. The summed E-state index contributed by atoms with van der Waals surface area (Å²) in [5.74, 6) is 0.935. The van der Waals surface area contributed by atoms with Crippen LogP contribution in [-0.2, 0) is 0 Å². The van der Waals surface area contributed by atoms with Crippen molar-refractivity contribution in [2.75, 3.05) is 19.6 Å². The van der Waals surface area contributed by atoms with Crippen molar-refractivity contribution in [2.45, 2.75) is 64.5 Å². The number of hydrogen-bond acceptors (Lipinski definition) is 2. The van der Waals surface area contributed by atoms with Crippen LogP contribution < -0.4 is 5.32 Å². The van der Waals surface area contributed by atoms with Crippen LogP contribution in [0.2, 0.25) is 0 Å². The summed E-state index contributed by atoms with van der Waals surface area (Å²) in [7, 11) is 0. The Hall–Kier alpha value is -0.0800. The van der Waals surface area contributed by atoms with Crippen molar-refractivity contribution in [3.63, 3.8) is 0 Å². The van der Waals surface area contributed by atoms with Gasteiger partial charge in [0.25, 0.3) is 0 Å². The van der Waals surface area contributed by atoms with Gasteiger partial charge in [0.1, 0.15) is 0 Å². The first-order chi connectivity index (χ1) is 7.74. The first kappa shape index (κ1) is 12.4. The van der Waals surface area contributed by atoms with E-state index in [9.17, 15) is 0 Å². The van der Waals surface area contributed by atoms with E-state index in [1.54, 1.807) is 0 Å². The van der Waals surface area contributed by atoms with E-state index < -0.39 is 0 Å². The molecule has 1 saturated heterocycles. The molecule has 1 saturated carbocycles. The largest absolute Gasteiger partial charge is 0.310 e. The van der Waals surface area contributed by atoms with Gasteiger partial charge in [-0.05, 0) is 51.6 Å². The van der Waals surface area contributed by atoms with Gasteiger partial charge in [0, 0.05) is 18.6 Å². The summed E-state index contributed by atoms with van der Waals surface area (Å²) in [5.41, 5.74) is 0. The maximum absolute atomic E-state index is 3.83. The molecule has 16 heavy (non-hydrogen) atoms. The maximum atomic E-state index is 3.83. The van der Waals surface area contributed by atoms with Crippen LogP contribution in [0.4, 0.5) is 0 Å². The summed E-state index contributed by atoms with van der Waals surface area (Å²) in [6.45, 7) is 8.67. The summed E-state index contributed by atoms with van der Waals surface area (Å²) >= 11 is 0. The van der Waals surface area contributed by atoms with Gasteiger partial charge in [0.05, 0.1) is 0 Å². The van der Waals surface area contributed by atoms with Gasteiger partial charge in [-0.1, -0.05) is 19.8 Å². The highest BCUT2D eigenvalue weighted by atomic mass is 15.2. The lowest BCUT2D eigenvalue weighted by atomic mass is 9.87. The predicted molar refractivity (Wildman–Crippen MR) is 69.7 cm³/mol. The van der Waals surface area contributed by atoms with Gasteiger partial charge >= 0.3 is 0 Å². The molecule has 0 aromatic heterocycles. The summed E-state index contributed by atoms with van der Waals surface area (Å²) in [5, 5.41) is 3.83. The summed E-state index contributed by atoms with van der Waals surface area (Å²) in [6, 6.07) is 1.47. The first-order valence-electron chi connectivity index (χ1n) is 7.22. The van der Waals surface area contributed by atoms with Crippen molar-refractivity contribution in [1.29, 1.82) is 0 Å². The van der Waals surface area contributed by atoms with E-state index >= 15 is 0 Å². The molecule has 1 heterocycles. The van der Waals surface area contributed by atoms with Gasteiger partial charge in [-0.15, -0.1) is 0 Å². The van der Waals surface area contributed by atoms with Crippen LogP contribution in [-0.4, -0.2) is 36.6 Å². The van der Waals surface area contributed by atoms with Crippen LogP contribution in [0, 0.1) is 5.92 Å². The second-order valence-corrected chi connectivity index (χ2v) is 6.04. The van der Waals surface area contributed by atoms with Crippen LogP contribution in [0.15, 0.2) is 0 Å². The maximum Gasteiger partial charge on any atom is 0.0169 e. The Morgan fingerprint density at radius 2 is 1.94 bits per heavy atom. The SMILES string of the molecule is CC1CCCC(NC(C)CN2CCCC2)C1. The Labute approximate surface area is 101 Å². The number of likely N-dealkylation sites (tertiary alicyclic amines) is 1. The highest BCUT2D eigenvalue weighted by Crippen LogP contribution is 2.23. The minimum Gasteiger partial charge on any atom is -0.310 e. The molecular weight excluding hydrogens is 196 g/mol. The van der Waals surface area contributed by atoms with E-state index in [0.29, 0.717) is 6.04 Å². The standard InChI is InChI=1S/C14H28N2/c1-12-6-5-7-14(10-12)15-13(2)11-16-8-3-4-9-16/h12-15H,3-11H2,1-2H3. The van der Waals surface area contributed by atoms with Crippen LogP contribution in [0.25, 0.3) is 0 Å². The number of nitrogens with one attached hydrogen (secondary N) is 1. The highest BCUT2D eigenvalue weighted by molar-refractivity contribution is 4.80. The monoisotopic (exact) mass is 224 g/mol. The molecule has 2 rings (SSSR count). The van der Waals surface area contributed by atoms with Crippen molar-refractivity contribution >= 4 is 0 Å². The smallest absolute Gasteiger partial charge is 0.0169 e. The molecule has 0 aromatic rings. The van der Waals surface area contributed by atoms with Gasteiger partial charge in [0.15, 0.2) is 0 Å². The van der Waals surface area contributed by atoms with Crippen molar-refractivity contribution in [1.82, 2.24) is 10.2 Å².